The fourth-order valence-electron chi connectivity index (χ4n) is 1.42. The second-order valence-corrected chi connectivity index (χ2v) is 4.88. The highest BCUT2D eigenvalue weighted by Gasteiger charge is 2.52. The minimum atomic E-state index is -0.849. The van der Waals surface area contributed by atoms with Crippen molar-refractivity contribution >= 4 is 12.7 Å². The van der Waals surface area contributed by atoms with Gasteiger partial charge in [0.05, 0.1) is 25.7 Å². The summed E-state index contributed by atoms with van der Waals surface area (Å²) >= 11 is 0. The van der Waals surface area contributed by atoms with Gasteiger partial charge in [0.1, 0.15) is 6.07 Å². The molecule has 1 aromatic rings. The van der Waals surface area contributed by atoms with Gasteiger partial charge in [-0.15, -0.1) is 0 Å². The van der Waals surface area contributed by atoms with Crippen molar-refractivity contribution in [3.63, 3.8) is 0 Å². The quantitative estimate of drug-likeness (QED) is 0.666. The molecule has 17 heavy (non-hydrogen) atoms. The van der Waals surface area contributed by atoms with Crippen LogP contribution >= 0.6 is 0 Å². The van der Waals surface area contributed by atoms with Crippen molar-refractivity contribution in [1.82, 2.24) is 9.97 Å². The molecule has 0 bridgehead atoms. The zero-order valence-electron chi connectivity index (χ0n) is 12.2. The van der Waals surface area contributed by atoms with E-state index in [1.165, 1.54) is 0 Å². The van der Waals surface area contributed by atoms with E-state index in [-0.39, 0.29) is 23.6 Å². The molecule has 5 nitrogen and oxygen atoms in total. The van der Waals surface area contributed by atoms with Crippen LogP contribution in [0, 0.1) is 11.3 Å². The van der Waals surface area contributed by atoms with Gasteiger partial charge in [0.15, 0.2) is 5.69 Å². The van der Waals surface area contributed by atoms with Crippen LogP contribution in [-0.4, -0.2) is 28.3 Å². The second-order valence-electron chi connectivity index (χ2n) is 4.88. The van der Waals surface area contributed by atoms with E-state index in [1.807, 2.05) is 27.7 Å². The van der Waals surface area contributed by atoms with Gasteiger partial charge >= 0.3 is 7.12 Å². The number of rotatable bonds is 1. The molecule has 0 aromatic carbocycles. The Labute approximate surface area is 104 Å². The molecule has 0 amide bonds. The van der Waals surface area contributed by atoms with Crippen molar-refractivity contribution in [2.45, 2.75) is 38.9 Å². The van der Waals surface area contributed by atoms with E-state index in [0.29, 0.717) is 0 Å². The van der Waals surface area contributed by atoms with Crippen LogP contribution in [0.1, 0.15) is 36.1 Å². The third-order valence-electron chi connectivity index (χ3n) is 3.15. The molecular weight excluding hydrogens is 217 g/mol. The molecule has 2 rings (SSSR count). The van der Waals surface area contributed by atoms with Gasteiger partial charge in [-0.2, -0.15) is 5.26 Å². The lowest BCUT2D eigenvalue weighted by Gasteiger charge is -2.32. The maximum atomic E-state index is 8.87. The van der Waals surface area contributed by atoms with Gasteiger partial charge < -0.3 is 9.31 Å². The zero-order chi connectivity index (χ0) is 14.4. The SMILES string of the molecule is [2H]c1nc([2H])c(B2OC(C)(C)C(C)(C)O2)nc1C#N. The number of aromatic nitrogens is 2. The second kappa shape index (κ2) is 3.79. The first-order valence-electron chi connectivity index (χ1n) is 6.29. The van der Waals surface area contributed by atoms with E-state index in [9.17, 15) is 0 Å². The van der Waals surface area contributed by atoms with Crippen LogP contribution < -0.4 is 5.59 Å². The van der Waals surface area contributed by atoms with Crippen molar-refractivity contribution in [2.75, 3.05) is 0 Å². The molecular formula is C11H14BN3O2. The Bertz CT molecular complexity index is 556. The normalized spacial score (nSPS) is 22.9. The van der Waals surface area contributed by atoms with E-state index in [2.05, 4.69) is 9.97 Å². The molecule has 1 fully saturated rings. The summed E-state index contributed by atoms with van der Waals surface area (Å²) in [6, 6.07) is 1.77. The maximum absolute atomic E-state index is 8.87. The van der Waals surface area contributed by atoms with Crippen LogP contribution in [0.4, 0.5) is 0 Å². The van der Waals surface area contributed by atoms with Gasteiger partial charge in [-0.3, -0.25) is 4.98 Å². The van der Waals surface area contributed by atoms with E-state index in [1.54, 1.807) is 6.07 Å². The monoisotopic (exact) mass is 233 g/mol. The predicted octanol–water partition coefficient (Wildman–Crippen LogP) is 0.647. The van der Waals surface area contributed by atoms with Gasteiger partial charge in [-0.25, -0.2) is 4.98 Å². The summed E-state index contributed by atoms with van der Waals surface area (Å²) in [5, 5.41) is 8.87. The van der Waals surface area contributed by atoms with Crippen LogP contribution in [0.2, 0.25) is 0 Å². The summed E-state index contributed by atoms with van der Waals surface area (Å²) in [6.07, 6.45) is -0.518. The molecule has 1 aliphatic heterocycles. The summed E-state index contributed by atoms with van der Waals surface area (Å²) in [4.78, 5) is 7.63. The van der Waals surface area contributed by atoms with Gasteiger partial charge in [0.2, 0.25) is 0 Å². The molecule has 1 saturated heterocycles. The van der Waals surface area contributed by atoms with Crippen LogP contribution in [0.15, 0.2) is 12.3 Å². The third-order valence-corrected chi connectivity index (χ3v) is 3.15. The average molecular weight is 233 g/mol. The molecule has 0 spiro atoms. The molecule has 0 radical (unpaired) electrons. The fourth-order valence-corrected chi connectivity index (χ4v) is 1.42. The van der Waals surface area contributed by atoms with Gasteiger partial charge in [-0.05, 0) is 27.7 Å². The van der Waals surface area contributed by atoms with Crippen LogP contribution in [0.25, 0.3) is 0 Å². The Hall–Kier alpha value is -1.45. The summed E-state index contributed by atoms with van der Waals surface area (Å²) in [6.45, 7) is 7.53. The lowest BCUT2D eigenvalue weighted by molar-refractivity contribution is 0.00578. The molecule has 0 unspecified atom stereocenters. The summed E-state index contributed by atoms with van der Waals surface area (Å²) in [5.74, 6) is 0. The van der Waals surface area contributed by atoms with Crippen LogP contribution in [0.5, 0.6) is 0 Å². The first-order valence-corrected chi connectivity index (χ1v) is 5.29. The Kier molecular flexibility index (Phi) is 2.14. The average Bonchev–Trinajstić information content (AvgIpc) is 2.48. The molecule has 0 aliphatic carbocycles. The number of hydrogen-bond acceptors (Lipinski definition) is 5. The largest absolute Gasteiger partial charge is 0.516 e. The molecule has 0 atom stereocenters. The standard InChI is InChI=1S/C11H14BN3O2/c1-10(2)11(3,4)17-12(16-10)9-7-14-6-8(5-13)15-9/h6-7H,1-4H3/i6D,7D. The lowest BCUT2D eigenvalue weighted by atomic mass is 9.85. The van der Waals surface area contributed by atoms with Gasteiger partial charge in [0, 0.05) is 6.17 Å². The van der Waals surface area contributed by atoms with Crippen LogP contribution in [-0.2, 0) is 9.31 Å². The summed E-state index contributed by atoms with van der Waals surface area (Å²) in [5.41, 5.74) is -1.12. The summed E-state index contributed by atoms with van der Waals surface area (Å²) in [7, 11) is -0.849. The minimum Gasteiger partial charge on any atom is -0.398 e. The van der Waals surface area contributed by atoms with Crippen molar-refractivity contribution in [3.8, 4) is 6.07 Å². The minimum absolute atomic E-state index is 0.131. The van der Waals surface area contributed by atoms with Gasteiger partial charge in [-0.1, -0.05) is 0 Å². The lowest BCUT2D eigenvalue weighted by Crippen LogP contribution is -2.41. The highest BCUT2D eigenvalue weighted by Crippen LogP contribution is 2.36. The van der Waals surface area contributed by atoms with Crippen molar-refractivity contribution in [3.05, 3.63) is 18.0 Å². The van der Waals surface area contributed by atoms with Crippen molar-refractivity contribution in [2.24, 2.45) is 0 Å². The highest BCUT2D eigenvalue weighted by atomic mass is 16.7. The van der Waals surface area contributed by atoms with Crippen LogP contribution in [0.3, 0.4) is 0 Å². The van der Waals surface area contributed by atoms with Gasteiger partial charge in [0.25, 0.3) is 0 Å². The topological polar surface area (TPSA) is 68.0 Å². The molecule has 1 aromatic heterocycles. The molecule has 1 aliphatic rings. The Morgan fingerprint density at radius 1 is 1.29 bits per heavy atom. The van der Waals surface area contributed by atoms with Crippen molar-refractivity contribution < 1.29 is 12.1 Å². The summed E-state index contributed by atoms with van der Waals surface area (Å²) < 4.78 is 26.7. The Balaban J connectivity index is 2.43. The fraction of sp³-hybridized carbons (Fsp3) is 0.545. The van der Waals surface area contributed by atoms with E-state index in [4.69, 9.17) is 17.3 Å². The molecule has 0 saturated carbocycles. The Morgan fingerprint density at radius 3 is 2.41 bits per heavy atom. The number of nitrogens with zero attached hydrogens (tertiary/aromatic N) is 3. The first kappa shape index (κ1) is 9.57. The van der Waals surface area contributed by atoms with E-state index in [0.717, 1.165) is 0 Å². The smallest absolute Gasteiger partial charge is 0.398 e. The number of nitriles is 1. The number of hydrogen-bond donors (Lipinski definition) is 0. The molecule has 0 N–H and O–H groups in total. The predicted molar refractivity (Wildman–Crippen MR) is 62.5 cm³/mol. The maximum Gasteiger partial charge on any atom is 0.516 e. The van der Waals surface area contributed by atoms with E-state index < -0.39 is 18.3 Å². The Morgan fingerprint density at radius 2 is 1.88 bits per heavy atom. The third kappa shape index (κ3) is 2.04. The molecule has 2 heterocycles. The highest BCUT2D eigenvalue weighted by molar-refractivity contribution is 6.61. The first-order chi connectivity index (χ1) is 8.68. The zero-order valence-corrected chi connectivity index (χ0v) is 10.2. The molecule has 88 valence electrons. The van der Waals surface area contributed by atoms with Crippen molar-refractivity contribution in [1.29, 1.82) is 5.26 Å². The van der Waals surface area contributed by atoms with E-state index >= 15 is 0 Å². The molecule has 6 heteroatoms.